The number of rotatable bonds is 2. The molecule has 0 aliphatic rings. The van der Waals surface area contributed by atoms with Gasteiger partial charge in [-0.2, -0.15) is 5.26 Å². The summed E-state index contributed by atoms with van der Waals surface area (Å²) in [7, 11) is 0. The van der Waals surface area contributed by atoms with Gasteiger partial charge in [0, 0.05) is 14.3 Å². The fourth-order valence-corrected chi connectivity index (χ4v) is 2.97. The van der Waals surface area contributed by atoms with E-state index < -0.39 is 0 Å². The van der Waals surface area contributed by atoms with E-state index in [-0.39, 0.29) is 0 Å². The predicted octanol–water partition coefficient (Wildman–Crippen LogP) is 4.78. The van der Waals surface area contributed by atoms with Crippen molar-refractivity contribution in [1.29, 1.82) is 5.26 Å². The van der Waals surface area contributed by atoms with Crippen molar-refractivity contribution in [2.45, 2.75) is 16.7 Å². The van der Waals surface area contributed by atoms with Crippen LogP contribution < -0.4 is 0 Å². The van der Waals surface area contributed by atoms with Gasteiger partial charge in [-0.3, -0.25) is 0 Å². The molecule has 1 nitrogen and oxygen atoms in total. The zero-order chi connectivity index (χ0) is 12.3. The summed E-state index contributed by atoms with van der Waals surface area (Å²) in [6, 6.07) is 16.1. The number of hydrogen-bond acceptors (Lipinski definition) is 2. The van der Waals surface area contributed by atoms with Crippen molar-refractivity contribution in [3.63, 3.8) is 0 Å². The van der Waals surface area contributed by atoms with Crippen LogP contribution in [0.4, 0.5) is 0 Å². The van der Waals surface area contributed by atoms with E-state index >= 15 is 0 Å². The summed E-state index contributed by atoms with van der Waals surface area (Å²) in [5, 5.41) is 8.81. The largest absolute Gasteiger partial charge is 0.192 e. The van der Waals surface area contributed by atoms with Gasteiger partial charge >= 0.3 is 0 Å². The van der Waals surface area contributed by atoms with Crippen LogP contribution in [-0.2, 0) is 0 Å². The summed E-state index contributed by atoms with van der Waals surface area (Å²) in [4.78, 5) is 2.36. The number of aryl methyl sites for hydroxylation is 1. The van der Waals surface area contributed by atoms with Gasteiger partial charge in [0.25, 0.3) is 0 Å². The first-order valence-corrected chi connectivity index (χ1v) is 6.75. The normalized spacial score (nSPS) is 9.94. The van der Waals surface area contributed by atoms with Gasteiger partial charge in [-0.25, -0.2) is 0 Å². The van der Waals surface area contributed by atoms with E-state index in [4.69, 9.17) is 5.26 Å². The molecule has 2 rings (SSSR count). The predicted molar refractivity (Wildman–Crippen MR) is 74.2 cm³/mol. The highest BCUT2D eigenvalue weighted by Crippen LogP contribution is 2.35. The van der Waals surface area contributed by atoms with Gasteiger partial charge in [0.1, 0.15) is 0 Å². The van der Waals surface area contributed by atoms with Crippen molar-refractivity contribution in [1.82, 2.24) is 0 Å². The van der Waals surface area contributed by atoms with Crippen molar-refractivity contribution in [3.05, 3.63) is 58.1 Å². The maximum Gasteiger partial charge on any atom is 0.0992 e. The molecule has 17 heavy (non-hydrogen) atoms. The van der Waals surface area contributed by atoms with Gasteiger partial charge in [0.2, 0.25) is 0 Å². The van der Waals surface area contributed by atoms with Crippen molar-refractivity contribution in [2.75, 3.05) is 0 Å². The molecular formula is C14H10BrNS. The fourth-order valence-electron chi connectivity index (χ4n) is 1.44. The molecule has 2 aromatic carbocycles. The number of nitriles is 1. The lowest BCUT2D eigenvalue weighted by molar-refractivity contribution is 1.28. The number of benzene rings is 2. The fraction of sp³-hybridized carbons (Fsp3) is 0.0714. The Labute approximate surface area is 114 Å². The minimum Gasteiger partial charge on any atom is -0.192 e. The zero-order valence-corrected chi connectivity index (χ0v) is 11.7. The first kappa shape index (κ1) is 12.2. The molecule has 84 valence electrons. The maximum absolute atomic E-state index is 8.81. The van der Waals surface area contributed by atoms with Crippen LogP contribution in [0.2, 0.25) is 0 Å². The monoisotopic (exact) mass is 303 g/mol. The molecule has 0 aromatic heterocycles. The van der Waals surface area contributed by atoms with Crippen LogP contribution in [0.3, 0.4) is 0 Å². The molecule has 0 spiro atoms. The Kier molecular flexibility index (Phi) is 3.88. The van der Waals surface area contributed by atoms with E-state index in [2.05, 4.69) is 41.1 Å². The molecule has 0 saturated carbocycles. The Bertz CT molecular complexity index is 587. The number of halogens is 1. The average molecular weight is 304 g/mol. The second kappa shape index (κ2) is 5.39. The lowest BCUT2D eigenvalue weighted by atomic mass is 10.2. The van der Waals surface area contributed by atoms with Gasteiger partial charge in [0.15, 0.2) is 0 Å². The first-order chi connectivity index (χ1) is 8.20. The molecule has 0 amide bonds. The van der Waals surface area contributed by atoms with E-state index in [1.165, 1.54) is 10.5 Å². The molecule has 0 bridgehead atoms. The summed E-state index contributed by atoms with van der Waals surface area (Å²) >= 11 is 5.20. The lowest BCUT2D eigenvalue weighted by Gasteiger charge is -2.07. The van der Waals surface area contributed by atoms with Crippen LogP contribution in [0.15, 0.2) is 56.7 Å². The molecule has 0 radical (unpaired) electrons. The Hall–Kier alpha value is -1.24. The molecule has 0 aliphatic carbocycles. The molecular weight excluding hydrogens is 294 g/mol. The topological polar surface area (TPSA) is 23.8 Å². The molecule has 0 fully saturated rings. The van der Waals surface area contributed by atoms with Gasteiger partial charge in [0.05, 0.1) is 11.6 Å². The van der Waals surface area contributed by atoms with Crippen LogP contribution >= 0.6 is 27.7 Å². The molecule has 3 heteroatoms. The molecule has 0 atom stereocenters. The molecule has 0 saturated heterocycles. The van der Waals surface area contributed by atoms with Crippen LogP contribution in [0.5, 0.6) is 0 Å². The Morgan fingerprint density at radius 2 is 1.88 bits per heavy atom. The van der Waals surface area contributed by atoms with E-state index in [0.29, 0.717) is 5.56 Å². The third-order valence-corrected chi connectivity index (χ3v) is 4.55. The Morgan fingerprint density at radius 1 is 1.12 bits per heavy atom. The summed E-state index contributed by atoms with van der Waals surface area (Å²) in [6.45, 7) is 2.10. The van der Waals surface area contributed by atoms with Crippen molar-refractivity contribution in [2.24, 2.45) is 0 Å². The second-order valence-electron chi connectivity index (χ2n) is 3.62. The van der Waals surface area contributed by atoms with Gasteiger partial charge in [-0.05, 0) is 52.7 Å². The minimum absolute atomic E-state index is 0.672. The lowest BCUT2D eigenvalue weighted by Crippen LogP contribution is -1.81. The molecule has 0 unspecified atom stereocenters. The van der Waals surface area contributed by atoms with E-state index in [0.717, 1.165) is 9.37 Å². The van der Waals surface area contributed by atoms with Crippen LogP contribution in [0.25, 0.3) is 0 Å². The minimum atomic E-state index is 0.672. The van der Waals surface area contributed by atoms with Crippen LogP contribution in [-0.4, -0.2) is 0 Å². The summed E-state index contributed by atoms with van der Waals surface area (Å²) in [6.07, 6.45) is 0. The molecule has 2 aromatic rings. The first-order valence-electron chi connectivity index (χ1n) is 5.14. The number of nitrogens with zero attached hydrogens (tertiary/aromatic N) is 1. The van der Waals surface area contributed by atoms with Crippen molar-refractivity contribution < 1.29 is 0 Å². The quantitative estimate of drug-likeness (QED) is 0.797. The van der Waals surface area contributed by atoms with Crippen molar-refractivity contribution in [3.8, 4) is 6.07 Å². The smallest absolute Gasteiger partial charge is 0.0992 e. The van der Waals surface area contributed by atoms with E-state index in [1.807, 2.05) is 30.3 Å². The van der Waals surface area contributed by atoms with Gasteiger partial charge in [-0.1, -0.05) is 30.0 Å². The summed E-state index contributed by atoms with van der Waals surface area (Å²) in [5.41, 5.74) is 1.93. The SMILES string of the molecule is Cc1ccccc1Sc1ccc(C#N)cc1Br. The summed E-state index contributed by atoms with van der Waals surface area (Å²) < 4.78 is 0.963. The highest BCUT2D eigenvalue weighted by Gasteiger charge is 2.05. The van der Waals surface area contributed by atoms with E-state index in [1.54, 1.807) is 11.8 Å². The van der Waals surface area contributed by atoms with Gasteiger partial charge < -0.3 is 0 Å². The van der Waals surface area contributed by atoms with Gasteiger partial charge in [-0.15, -0.1) is 0 Å². The molecule has 0 aliphatic heterocycles. The molecule has 0 N–H and O–H groups in total. The van der Waals surface area contributed by atoms with E-state index in [9.17, 15) is 0 Å². The second-order valence-corrected chi connectivity index (χ2v) is 5.56. The van der Waals surface area contributed by atoms with Crippen molar-refractivity contribution >= 4 is 27.7 Å². The van der Waals surface area contributed by atoms with Crippen LogP contribution in [0, 0.1) is 18.3 Å². The Balaban J connectivity index is 2.32. The standard InChI is InChI=1S/C14H10BrNS/c1-10-4-2-3-5-13(10)17-14-7-6-11(9-16)8-12(14)15/h2-8H,1H3. The zero-order valence-electron chi connectivity index (χ0n) is 9.27. The average Bonchev–Trinajstić information content (AvgIpc) is 2.34. The highest BCUT2D eigenvalue weighted by atomic mass is 79.9. The van der Waals surface area contributed by atoms with Crippen LogP contribution in [0.1, 0.15) is 11.1 Å². The Morgan fingerprint density at radius 3 is 2.53 bits per heavy atom. The number of hydrogen-bond donors (Lipinski definition) is 0. The highest BCUT2D eigenvalue weighted by molar-refractivity contribution is 9.10. The summed E-state index contributed by atoms with van der Waals surface area (Å²) in [5.74, 6) is 0. The molecule has 0 heterocycles. The third kappa shape index (κ3) is 2.91. The maximum atomic E-state index is 8.81. The third-order valence-electron chi connectivity index (χ3n) is 2.37.